The van der Waals surface area contributed by atoms with Crippen LogP contribution in [0.2, 0.25) is 0 Å². The second-order valence-electron chi connectivity index (χ2n) is 4.82. The maximum atomic E-state index is 11.6. The van der Waals surface area contributed by atoms with Crippen molar-refractivity contribution in [3.05, 3.63) is 56.3 Å². The first-order chi connectivity index (χ1) is 9.91. The van der Waals surface area contributed by atoms with Crippen LogP contribution in [0.1, 0.15) is 35.1 Å². The average Bonchev–Trinajstić information content (AvgIpc) is 2.99. The van der Waals surface area contributed by atoms with Gasteiger partial charge in [-0.15, -0.1) is 11.3 Å². The maximum Gasteiger partial charge on any atom is 0.280 e. The predicted molar refractivity (Wildman–Crippen MR) is 84.2 cm³/mol. The van der Waals surface area contributed by atoms with E-state index in [1.165, 1.54) is 17.9 Å². The van der Waals surface area contributed by atoms with E-state index >= 15 is 0 Å². The zero-order chi connectivity index (χ0) is 15.6. The largest absolute Gasteiger partial charge is 0.367 e. The first-order valence-corrected chi connectivity index (χ1v) is 7.35. The number of carbonyl (C=O) groups is 1. The van der Waals surface area contributed by atoms with Crippen molar-refractivity contribution in [1.82, 2.24) is 0 Å². The lowest BCUT2D eigenvalue weighted by Crippen LogP contribution is -2.21. The lowest BCUT2D eigenvalue weighted by molar-refractivity contribution is -0.385. The number of Topliss-reactive ketones (excluding diaryl/α,β-unsaturated/α-hetero) is 1. The highest BCUT2D eigenvalue weighted by Gasteiger charge is 2.20. The summed E-state index contributed by atoms with van der Waals surface area (Å²) in [6.07, 6.45) is 0. The first-order valence-electron chi connectivity index (χ1n) is 6.47. The number of anilines is 1. The van der Waals surface area contributed by atoms with E-state index in [2.05, 4.69) is 6.92 Å². The van der Waals surface area contributed by atoms with Crippen LogP contribution in [0, 0.1) is 10.1 Å². The van der Waals surface area contributed by atoms with Gasteiger partial charge in [-0.2, -0.15) is 0 Å². The SMILES string of the molecule is CC(=O)c1cc(N(C)C(C)c2cccs2)ccc1[N+](=O)[O-]. The van der Waals surface area contributed by atoms with Crippen molar-refractivity contribution >= 4 is 28.5 Å². The molecule has 110 valence electrons. The number of benzene rings is 1. The van der Waals surface area contributed by atoms with Crippen molar-refractivity contribution in [3.8, 4) is 0 Å². The Morgan fingerprint density at radius 3 is 2.62 bits per heavy atom. The Balaban J connectivity index is 2.38. The highest BCUT2D eigenvalue weighted by molar-refractivity contribution is 7.10. The molecule has 0 fully saturated rings. The molecule has 5 nitrogen and oxygen atoms in total. The fourth-order valence-corrected chi connectivity index (χ4v) is 2.95. The lowest BCUT2D eigenvalue weighted by atomic mass is 10.1. The summed E-state index contributed by atoms with van der Waals surface area (Å²) < 4.78 is 0. The Bertz CT molecular complexity index is 668. The molecule has 0 aliphatic rings. The summed E-state index contributed by atoms with van der Waals surface area (Å²) in [5, 5.41) is 13.0. The molecular weight excluding hydrogens is 288 g/mol. The van der Waals surface area contributed by atoms with E-state index in [1.807, 2.05) is 29.5 Å². The topological polar surface area (TPSA) is 63.5 Å². The molecule has 6 heteroatoms. The Labute approximate surface area is 127 Å². The molecule has 1 heterocycles. The number of nitro groups is 1. The summed E-state index contributed by atoms with van der Waals surface area (Å²) in [7, 11) is 1.91. The molecule has 0 bridgehead atoms. The average molecular weight is 304 g/mol. The summed E-state index contributed by atoms with van der Waals surface area (Å²) in [6, 6.07) is 8.82. The van der Waals surface area contributed by atoms with Gasteiger partial charge in [-0.1, -0.05) is 6.07 Å². The van der Waals surface area contributed by atoms with Gasteiger partial charge in [0, 0.05) is 23.7 Å². The van der Waals surface area contributed by atoms with E-state index in [9.17, 15) is 14.9 Å². The van der Waals surface area contributed by atoms with Crippen LogP contribution in [-0.2, 0) is 0 Å². The van der Waals surface area contributed by atoms with Crippen molar-refractivity contribution in [2.45, 2.75) is 19.9 Å². The molecule has 0 aliphatic carbocycles. The number of ketones is 1. The molecule has 0 saturated carbocycles. The number of nitro benzene ring substituents is 1. The lowest BCUT2D eigenvalue weighted by Gasteiger charge is -2.26. The van der Waals surface area contributed by atoms with Crippen LogP contribution in [0.5, 0.6) is 0 Å². The van der Waals surface area contributed by atoms with Gasteiger partial charge in [0.25, 0.3) is 5.69 Å². The van der Waals surface area contributed by atoms with Crippen LogP contribution in [0.3, 0.4) is 0 Å². The van der Waals surface area contributed by atoms with E-state index in [4.69, 9.17) is 0 Å². The zero-order valence-electron chi connectivity index (χ0n) is 12.1. The van der Waals surface area contributed by atoms with Crippen molar-refractivity contribution in [1.29, 1.82) is 0 Å². The van der Waals surface area contributed by atoms with E-state index < -0.39 is 4.92 Å². The van der Waals surface area contributed by atoms with Crippen molar-refractivity contribution in [2.24, 2.45) is 0 Å². The first kappa shape index (κ1) is 15.2. The zero-order valence-corrected chi connectivity index (χ0v) is 12.9. The Kier molecular flexibility index (Phi) is 4.37. The fourth-order valence-electron chi connectivity index (χ4n) is 2.13. The van der Waals surface area contributed by atoms with Gasteiger partial charge in [0.05, 0.1) is 16.5 Å². The van der Waals surface area contributed by atoms with Crippen molar-refractivity contribution in [3.63, 3.8) is 0 Å². The van der Waals surface area contributed by atoms with Gasteiger partial charge >= 0.3 is 0 Å². The summed E-state index contributed by atoms with van der Waals surface area (Å²) in [4.78, 5) is 25.3. The molecule has 1 aromatic heterocycles. The van der Waals surface area contributed by atoms with Crippen molar-refractivity contribution in [2.75, 3.05) is 11.9 Å². The molecule has 1 aromatic carbocycles. The molecule has 0 radical (unpaired) electrons. The van der Waals surface area contributed by atoms with Crippen molar-refractivity contribution < 1.29 is 9.72 Å². The molecular formula is C15H16N2O3S. The molecule has 2 rings (SSSR count). The van der Waals surface area contributed by atoms with Crippen LogP contribution in [0.4, 0.5) is 11.4 Å². The molecule has 1 unspecified atom stereocenters. The third kappa shape index (κ3) is 3.11. The van der Waals surface area contributed by atoms with Crippen LogP contribution >= 0.6 is 11.3 Å². The summed E-state index contributed by atoms with van der Waals surface area (Å²) >= 11 is 1.66. The van der Waals surface area contributed by atoms with E-state index in [1.54, 1.807) is 23.5 Å². The molecule has 0 aliphatic heterocycles. The number of rotatable bonds is 5. The minimum atomic E-state index is -0.525. The standard InChI is InChI=1S/C15H16N2O3S/c1-10(15-5-4-8-21-15)16(3)12-6-7-14(17(19)20)13(9-12)11(2)18/h4-10H,1-3H3. The molecule has 0 N–H and O–H groups in total. The van der Waals surface area contributed by atoms with Crippen LogP contribution in [0.15, 0.2) is 35.7 Å². The summed E-state index contributed by atoms with van der Waals surface area (Å²) in [5.74, 6) is -0.305. The van der Waals surface area contributed by atoms with Gasteiger partial charge in [-0.05, 0) is 37.4 Å². The summed E-state index contributed by atoms with van der Waals surface area (Å²) in [5.41, 5.74) is 0.776. The fraction of sp³-hybridized carbons (Fsp3) is 0.267. The molecule has 0 spiro atoms. The van der Waals surface area contributed by atoms with Crippen LogP contribution in [-0.4, -0.2) is 17.8 Å². The number of nitrogens with zero attached hydrogens (tertiary/aromatic N) is 2. The number of hydrogen-bond donors (Lipinski definition) is 0. The van der Waals surface area contributed by atoms with Gasteiger partial charge in [-0.25, -0.2) is 0 Å². The Morgan fingerprint density at radius 1 is 1.38 bits per heavy atom. The Hall–Kier alpha value is -2.21. The quantitative estimate of drug-likeness (QED) is 0.475. The summed E-state index contributed by atoms with van der Waals surface area (Å²) in [6.45, 7) is 3.40. The van der Waals surface area contributed by atoms with E-state index in [0.29, 0.717) is 0 Å². The Morgan fingerprint density at radius 2 is 2.10 bits per heavy atom. The monoisotopic (exact) mass is 304 g/mol. The van der Waals surface area contributed by atoms with Gasteiger partial charge in [-0.3, -0.25) is 14.9 Å². The van der Waals surface area contributed by atoms with E-state index in [-0.39, 0.29) is 23.1 Å². The van der Waals surface area contributed by atoms with Gasteiger partial charge in [0.15, 0.2) is 5.78 Å². The van der Waals surface area contributed by atoms with Gasteiger partial charge < -0.3 is 4.90 Å². The molecule has 0 saturated heterocycles. The number of thiophene rings is 1. The number of hydrogen-bond acceptors (Lipinski definition) is 5. The van der Waals surface area contributed by atoms with E-state index in [0.717, 1.165) is 5.69 Å². The smallest absolute Gasteiger partial charge is 0.280 e. The highest BCUT2D eigenvalue weighted by atomic mass is 32.1. The second-order valence-corrected chi connectivity index (χ2v) is 5.80. The second kappa shape index (κ2) is 6.05. The molecule has 1 atom stereocenters. The number of carbonyl (C=O) groups excluding carboxylic acids is 1. The van der Waals surface area contributed by atoms with Crippen LogP contribution in [0.25, 0.3) is 0 Å². The highest BCUT2D eigenvalue weighted by Crippen LogP contribution is 2.31. The minimum absolute atomic E-state index is 0.131. The maximum absolute atomic E-state index is 11.6. The molecule has 21 heavy (non-hydrogen) atoms. The minimum Gasteiger partial charge on any atom is -0.367 e. The molecule has 0 amide bonds. The predicted octanol–water partition coefficient (Wildman–Crippen LogP) is 4.06. The van der Waals surface area contributed by atoms with Crippen LogP contribution < -0.4 is 4.90 Å². The third-order valence-corrected chi connectivity index (χ3v) is 4.54. The van der Waals surface area contributed by atoms with Gasteiger partial charge in [0.2, 0.25) is 0 Å². The molecule has 2 aromatic rings. The van der Waals surface area contributed by atoms with Gasteiger partial charge in [0.1, 0.15) is 0 Å². The normalized spacial score (nSPS) is 12.0. The third-order valence-electron chi connectivity index (χ3n) is 3.50.